The average Bonchev–Trinajstić information content (AvgIpc) is 2.94. The zero-order valence-corrected chi connectivity index (χ0v) is 24.0. The van der Waals surface area contributed by atoms with Gasteiger partial charge in [0.1, 0.15) is 17.5 Å². The van der Waals surface area contributed by atoms with Gasteiger partial charge in [-0.25, -0.2) is 8.42 Å². The number of hydrogen-bond acceptors (Lipinski definition) is 5. The fourth-order valence-corrected chi connectivity index (χ4v) is 5.67. The van der Waals surface area contributed by atoms with E-state index in [9.17, 15) is 26.6 Å². The maximum atomic E-state index is 14.1. The molecule has 0 aromatic heterocycles. The highest BCUT2D eigenvalue weighted by Crippen LogP contribution is 2.59. The van der Waals surface area contributed by atoms with Gasteiger partial charge >= 0.3 is 13.3 Å². The molecule has 220 valence electrons. The monoisotopic (exact) mass is 636 g/mol. The van der Waals surface area contributed by atoms with Gasteiger partial charge in [-0.2, -0.15) is 13.5 Å². The van der Waals surface area contributed by atoms with Gasteiger partial charge in [0.05, 0.1) is 4.90 Å². The molecular weight excluding hydrogens is 613 g/mol. The van der Waals surface area contributed by atoms with E-state index in [1.54, 1.807) is 54.6 Å². The SMILES string of the molecule is O=C(Nc1ccc(Oc2cccc(Cl)c2)cc1)[C@H](Cc1ccc(C(F)(F)P(=O)(O)O)cc1)NS(=O)(=O)c1ccccc1. The molecule has 1 atom stereocenters. The Labute approximate surface area is 245 Å². The second kappa shape index (κ2) is 12.7. The second-order valence-electron chi connectivity index (χ2n) is 9.05. The highest BCUT2D eigenvalue weighted by Gasteiger charge is 2.50. The van der Waals surface area contributed by atoms with Gasteiger partial charge in [-0.15, -0.1) is 0 Å². The van der Waals surface area contributed by atoms with E-state index in [1.807, 2.05) is 0 Å². The van der Waals surface area contributed by atoms with Gasteiger partial charge in [0.25, 0.3) is 0 Å². The van der Waals surface area contributed by atoms with Crippen molar-refractivity contribution in [3.8, 4) is 11.5 Å². The van der Waals surface area contributed by atoms with Crippen LogP contribution >= 0.6 is 19.2 Å². The van der Waals surface area contributed by atoms with Gasteiger partial charge in [0.2, 0.25) is 15.9 Å². The molecule has 4 aromatic carbocycles. The number of benzene rings is 4. The summed E-state index contributed by atoms with van der Waals surface area (Å²) in [6.07, 6.45) is -0.268. The summed E-state index contributed by atoms with van der Waals surface area (Å²) in [6, 6.07) is 22.8. The van der Waals surface area contributed by atoms with Crippen LogP contribution < -0.4 is 14.8 Å². The van der Waals surface area contributed by atoms with E-state index in [4.69, 9.17) is 26.1 Å². The zero-order valence-electron chi connectivity index (χ0n) is 21.5. The molecule has 0 bridgehead atoms. The number of carbonyl (C=O) groups excluding carboxylic acids is 1. The third-order valence-electron chi connectivity index (χ3n) is 5.93. The fourth-order valence-electron chi connectivity index (χ4n) is 3.79. The normalized spacial score (nSPS) is 12.9. The lowest BCUT2D eigenvalue weighted by atomic mass is 10.0. The summed E-state index contributed by atoms with van der Waals surface area (Å²) in [5, 5.41) is 3.12. The lowest BCUT2D eigenvalue weighted by Gasteiger charge is -2.20. The minimum atomic E-state index is -5.78. The first kappa shape index (κ1) is 31.3. The fraction of sp³-hybridized carbons (Fsp3) is 0.107. The standard InChI is InChI=1S/C28H24ClF2N2O7PS/c29-21-5-4-6-24(18-21)40-23-15-13-22(14-16-23)32-27(34)26(33-42(38,39)25-7-2-1-3-8-25)17-19-9-11-20(12-10-19)28(30,31)41(35,36)37/h1-16,18,26,33H,17H2,(H,32,34)(H2,35,36,37)/t26-/m0/s1. The van der Waals surface area contributed by atoms with E-state index in [0.717, 1.165) is 24.3 Å². The Morgan fingerprint density at radius 3 is 2.14 bits per heavy atom. The van der Waals surface area contributed by atoms with Crippen molar-refractivity contribution in [1.29, 1.82) is 0 Å². The van der Waals surface area contributed by atoms with Crippen LogP contribution in [0, 0.1) is 0 Å². The molecule has 0 radical (unpaired) electrons. The molecular formula is C28H24ClF2N2O7PS. The van der Waals surface area contributed by atoms with Gasteiger partial charge < -0.3 is 19.8 Å². The Bertz CT molecular complexity index is 1700. The summed E-state index contributed by atoms with van der Waals surface area (Å²) in [5.74, 6) is 0.200. The van der Waals surface area contributed by atoms with Crippen LogP contribution in [0.1, 0.15) is 11.1 Å². The first-order chi connectivity index (χ1) is 19.7. The molecule has 0 aliphatic heterocycles. The summed E-state index contributed by atoms with van der Waals surface area (Å²) in [4.78, 5) is 31.2. The van der Waals surface area contributed by atoms with Crippen LogP contribution in [0.15, 0.2) is 108 Å². The molecule has 9 nitrogen and oxygen atoms in total. The number of alkyl halides is 2. The van der Waals surface area contributed by atoms with Gasteiger partial charge in [-0.05, 0) is 66.6 Å². The van der Waals surface area contributed by atoms with E-state index in [-0.39, 0.29) is 16.9 Å². The van der Waals surface area contributed by atoms with Crippen molar-refractivity contribution in [2.45, 2.75) is 23.0 Å². The van der Waals surface area contributed by atoms with Gasteiger partial charge in [-0.3, -0.25) is 9.36 Å². The maximum absolute atomic E-state index is 14.1. The molecule has 0 fully saturated rings. The number of anilines is 1. The predicted octanol–water partition coefficient (Wildman–Crippen LogP) is 5.89. The molecule has 0 aliphatic carbocycles. The molecule has 0 unspecified atom stereocenters. The molecule has 1 amide bonds. The lowest BCUT2D eigenvalue weighted by Crippen LogP contribution is -2.45. The van der Waals surface area contributed by atoms with E-state index >= 15 is 0 Å². The Hall–Kier alpha value is -3.64. The Kier molecular flexibility index (Phi) is 9.47. The van der Waals surface area contributed by atoms with Crippen LogP contribution in [0.3, 0.4) is 0 Å². The molecule has 0 saturated heterocycles. The van der Waals surface area contributed by atoms with E-state index < -0.39 is 40.8 Å². The summed E-state index contributed by atoms with van der Waals surface area (Å²) < 4.78 is 73.5. The minimum Gasteiger partial charge on any atom is -0.457 e. The number of rotatable bonds is 11. The average molecular weight is 637 g/mol. The molecule has 4 N–H and O–H groups in total. The Balaban J connectivity index is 1.54. The second-order valence-corrected chi connectivity index (χ2v) is 12.8. The van der Waals surface area contributed by atoms with Crippen molar-refractivity contribution < 1.29 is 41.1 Å². The van der Waals surface area contributed by atoms with Crippen LogP contribution in [0.2, 0.25) is 5.02 Å². The molecule has 0 spiro atoms. The predicted molar refractivity (Wildman–Crippen MR) is 153 cm³/mol. The van der Waals surface area contributed by atoms with Crippen molar-refractivity contribution in [2.24, 2.45) is 0 Å². The number of carbonyl (C=O) groups is 1. The Morgan fingerprint density at radius 2 is 1.55 bits per heavy atom. The largest absolute Gasteiger partial charge is 0.457 e. The number of ether oxygens (including phenoxy) is 1. The van der Waals surface area contributed by atoms with Gasteiger partial charge in [0, 0.05) is 16.3 Å². The lowest BCUT2D eigenvalue weighted by molar-refractivity contribution is -0.117. The summed E-state index contributed by atoms with van der Waals surface area (Å²) >= 11 is 5.97. The molecule has 42 heavy (non-hydrogen) atoms. The number of halogens is 3. The van der Waals surface area contributed by atoms with E-state index in [2.05, 4.69) is 10.0 Å². The highest BCUT2D eigenvalue weighted by molar-refractivity contribution is 7.89. The van der Waals surface area contributed by atoms with E-state index in [0.29, 0.717) is 22.2 Å². The number of nitrogens with one attached hydrogen (secondary N) is 2. The van der Waals surface area contributed by atoms with Crippen LogP contribution in [-0.2, 0) is 31.5 Å². The zero-order chi connectivity index (χ0) is 30.5. The number of hydrogen-bond donors (Lipinski definition) is 4. The van der Waals surface area contributed by atoms with Crippen molar-refractivity contribution >= 4 is 40.8 Å². The first-order valence-electron chi connectivity index (χ1n) is 12.2. The molecule has 0 aliphatic rings. The van der Waals surface area contributed by atoms with Crippen molar-refractivity contribution in [2.75, 3.05) is 5.32 Å². The van der Waals surface area contributed by atoms with Crippen molar-refractivity contribution in [3.63, 3.8) is 0 Å². The third-order valence-corrected chi connectivity index (χ3v) is 8.64. The molecule has 0 heterocycles. The minimum absolute atomic E-state index is 0.0954. The van der Waals surface area contributed by atoms with E-state index in [1.165, 1.54) is 24.3 Å². The van der Waals surface area contributed by atoms with Crippen LogP contribution in [0.4, 0.5) is 14.5 Å². The molecule has 14 heteroatoms. The number of sulfonamides is 1. The molecule has 4 aromatic rings. The van der Waals surface area contributed by atoms with Crippen LogP contribution in [0.5, 0.6) is 11.5 Å². The van der Waals surface area contributed by atoms with Gasteiger partial charge in [-0.1, -0.05) is 60.1 Å². The first-order valence-corrected chi connectivity index (χ1v) is 15.7. The smallest absolute Gasteiger partial charge is 0.399 e. The third kappa shape index (κ3) is 7.80. The maximum Gasteiger partial charge on any atom is 0.399 e. The molecule has 4 rings (SSSR count). The molecule has 0 saturated carbocycles. The highest BCUT2D eigenvalue weighted by atomic mass is 35.5. The quantitative estimate of drug-likeness (QED) is 0.150. The van der Waals surface area contributed by atoms with Crippen molar-refractivity contribution in [1.82, 2.24) is 4.72 Å². The van der Waals surface area contributed by atoms with Crippen LogP contribution in [0.25, 0.3) is 0 Å². The van der Waals surface area contributed by atoms with Gasteiger partial charge in [0.15, 0.2) is 0 Å². The topological polar surface area (TPSA) is 142 Å². The summed E-state index contributed by atoms with van der Waals surface area (Å²) in [6.45, 7) is 0. The Morgan fingerprint density at radius 1 is 0.905 bits per heavy atom. The summed E-state index contributed by atoms with van der Waals surface area (Å²) in [7, 11) is -9.96. The summed E-state index contributed by atoms with van der Waals surface area (Å²) in [5.41, 5.74) is -4.77. The number of amides is 1. The van der Waals surface area contributed by atoms with Crippen LogP contribution in [-0.4, -0.2) is 30.2 Å². The van der Waals surface area contributed by atoms with Crippen molar-refractivity contribution in [3.05, 3.63) is 119 Å².